The number of halogens is 1. The molecule has 3 aromatic rings. The Labute approximate surface area is 186 Å². The van der Waals surface area contributed by atoms with Crippen LogP contribution in [-0.4, -0.2) is 46.2 Å². The Morgan fingerprint density at radius 1 is 1.20 bits per heavy atom. The van der Waals surface area contributed by atoms with Gasteiger partial charge in [-0.15, -0.1) is 10.2 Å². The molecule has 0 bridgehead atoms. The van der Waals surface area contributed by atoms with Gasteiger partial charge in [0.15, 0.2) is 11.0 Å². The van der Waals surface area contributed by atoms with Gasteiger partial charge in [-0.1, -0.05) is 41.6 Å². The molecule has 0 fully saturated rings. The van der Waals surface area contributed by atoms with Crippen LogP contribution in [-0.2, 0) is 9.53 Å². The minimum atomic E-state index is -0.322. The highest BCUT2D eigenvalue weighted by Crippen LogP contribution is 2.31. The number of hydrogen-bond acceptors (Lipinski definition) is 5. The third kappa shape index (κ3) is 5.41. The lowest BCUT2D eigenvalue weighted by Gasteiger charge is -2.15. The smallest absolute Gasteiger partial charge is 0.233 e. The SMILES string of the molecule is COCCCNC(=O)C(C)Sc1nnc(-c2ccc(Cl)cc2)n1-c1ccccc1C. The molecule has 1 N–H and O–H groups in total. The second-order valence-corrected chi connectivity index (χ2v) is 8.58. The summed E-state index contributed by atoms with van der Waals surface area (Å²) in [5, 5.41) is 12.8. The molecule has 1 atom stereocenters. The number of aromatic nitrogens is 3. The summed E-state index contributed by atoms with van der Waals surface area (Å²) < 4.78 is 7.02. The molecule has 158 valence electrons. The Bertz CT molecular complexity index is 991. The van der Waals surface area contributed by atoms with Gasteiger partial charge in [-0.25, -0.2) is 0 Å². The molecule has 3 rings (SSSR count). The number of hydrogen-bond donors (Lipinski definition) is 1. The van der Waals surface area contributed by atoms with Crippen LogP contribution in [0.3, 0.4) is 0 Å². The van der Waals surface area contributed by atoms with Crippen molar-refractivity contribution < 1.29 is 9.53 Å². The van der Waals surface area contributed by atoms with Crippen LogP contribution in [0.2, 0.25) is 5.02 Å². The van der Waals surface area contributed by atoms with E-state index >= 15 is 0 Å². The second-order valence-electron chi connectivity index (χ2n) is 6.83. The van der Waals surface area contributed by atoms with Gasteiger partial charge in [-0.3, -0.25) is 9.36 Å². The Morgan fingerprint density at radius 3 is 2.63 bits per heavy atom. The lowest BCUT2D eigenvalue weighted by Crippen LogP contribution is -2.32. The summed E-state index contributed by atoms with van der Waals surface area (Å²) in [5.74, 6) is 0.666. The predicted molar refractivity (Wildman–Crippen MR) is 121 cm³/mol. The van der Waals surface area contributed by atoms with E-state index in [0.29, 0.717) is 29.2 Å². The number of aryl methyl sites for hydroxylation is 1. The fourth-order valence-electron chi connectivity index (χ4n) is 2.95. The average Bonchev–Trinajstić information content (AvgIpc) is 3.15. The summed E-state index contributed by atoms with van der Waals surface area (Å²) in [4.78, 5) is 12.5. The number of nitrogens with one attached hydrogen (secondary N) is 1. The number of thioether (sulfide) groups is 1. The zero-order chi connectivity index (χ0) is 21.5. The molecule has 0 spiro atoms. The topological polar surface area (TPSA) is 69.0 Å². The lowest BCUT2D eigenvalue weighted by atomic mass is 10.1. The van der Waals surface area contributed by atoms with E-state index in [1.165, 1.54) is 11.8 Å². The fraction of sp³-hybridized carbons (Fsp3) is 0.318. The van der Waals surface area contributed by atoms with Gasteiger partial charge < -0.3 is 10.1 Å². The van der Waals surface area contributed by atoms with Crippen LogP contribution in [0.1, 0.15) is 18.9 Å². The van der Waals surface area contributed by atoms with Gasteiger partial charge >= 0.3 is 0 Å². The van der Waals surface area contributed by atoms with Crippen molar-refractivity contribution >= 4 is 29.3 Å². The summed E-state index contributed by atoms with van der Waals surface area (Å²) in [6.07, 6.45) is 0.778. The second kappa shape index (κ2) is 10.6. The number of methoxy groups -OCH3 is 1. The molecule has 0 aliphatic heterocycles. The van der Waals surface area contributed by atoms with E-state index in [-0.39, 0.29) is 11.2 Å². The molecule has 0 saturated heterocycles. The van der Waals surface area contributed by atoms with E-state index in [4.69, 9.17) is 16.3 Å². The molecule has 30 heavy (non-hydrogen) atoms. The van der Waals surface area contributed by atoms with Crippen LogP contribution in [0.25, 0.3) is 17.1 Å². The van der Waals surface area contributed by atoms with Crippen LogP contribution in [0.4, 0.5) is 0 Å². The molecule has 0 saturated carbocycles. The molecule has 1 heterocycles. The molecule has 8 heteroatoms. The monoisotopic (exact) mass is 444 g/mol. The Morgan fingerprint density at radius 2 is 1.93 bits per heavy atom. The van der Waals surface area contributed by atoms with Crippen molar-refractivity contribution in [1.29, 1.82) is 0 Å². The van der Waals surface area contributed by atoms with E-state index in [1.807, 2.05) is 66.9 Å². The highest BCUT2D eigenvalue weighted by Gasteiger charge is 2.22. The van der Waals surface area contributed by atoms with Crippen LogP contribution in [0, 0.1) is 6.92 Å². The molecule has 2 aromatic carbocycles. The summed E-state index contributed by atoms with van der Waals surface area (Å²) in [6.45, 7) is 5.11. The third-order valence-electron chi connectivity index (χ3n) is 4.57. The first-order chi connectivity index (χ1) is 14.5. The molecule has 1 aromatic heterocycles. The fourth-order valence-corrected chi connectivity index (χ4v) is 3.96. The number of carbonyl (C=O) groups excluding carboxylic acids is 1. The maximum absolute atomic E-state index is 12.5. The van der Waals surface area contributed by atoms with Crippen molar-refractivity contribution in [2.24, 2.45) is 0 Å². The number of benzene rings is 2. The van der Waals surface area contributed by atoms with Crippen molar-refractivity contribution in [3.8, 4) is 17.1 Å². The van der Waals surface area contributed by atoms with Crippen LogP contribution >= 0.6 is 23.4 Å². The summed E-state index contributed by atoms with van der Waals surface area (Å²) in [6, 6.07) is 15.5. The molecule has 0 aliphatic rings. The van der Waals surface area contributed by atoms with Gasteiger partial charge in [0.05, 0.1) is 10.9 Å². The zero-order valence-electron chi connectivity index (χ0n) is 17.3. The summed E-state index contributed by atoms with van der Waals surface area (Å²) in [5.41, 5.74) is 2.97. The number of ether oxygens (including phenoxy) is 1. The number of amides is 1. The van der Waals surface area contributed by atoms with E-state index in [9.17, 15) is 4.79 Å². The van der Waals surface area contributed by atoms with Gasteiger partial charge in [-0.2, -0.15) is 0 Å². The Kier molecular flexibility index (Phi) is 7.90. The normalized spacial score (nSPS) is 12.0. The van der Waals surface area contributed by atoms with Crippen molar-refractivity contribution in [3.05, 3.63) is 59.1 Å². The van der Waals surface area contributed by atoms with Crippen LogP contribution in [0.5, 0.6) is 0 Å². The summed E-state index contributed by atoms with van der Waals surface area (Å²) in [7, 11) is 1.65. The molecular weight excluding hydrogens is 420 g/mol. The van der Waals surface area contributed by atoms with E-state index in [2.05, 4.69) is 15.5 Å². The number of para-hydroxylation sites is 1. The van der Waals surface area contributed by atoms with Crippen molar-refractivity contribution in [3.63, 3.8) is 0 Å². The molecule has 1 amide bonds. The van der Waals surface area contributed by atoms with Gasteiger partial charge in [-0.05, 0) is 56.2 Å². The molecular formula is C22H25ClN4O2S. The maximum atomic E-state index is 12.5. The van der Waals surface area contributed by atoms with Gasteiger partial charge in [0.25, 0.3) is 0 Å². The highest BCUT2D eigenvalue weighted by molar-refractivity contribution is 8.00. The first kappa shape index (κ1) is 22.3. The standard InChI is InChI=1S/C22H25ClN4O2S/c1-15-7-4-5-8-19(15)27-20(17-9-11-18(23)12-10-17)25-26-22(27)30-16(2)21(28)24-13-6-14-29-3/h4-5,7-12,16H,6,13-14H2,1-3H3,(H,24,28). The minimum absolute atomic E-state index is 0.0384. The zero-order valence-corrected chi connectivity index (χ0v) is 18.8. The van der Waals surface area contributed by atoms with Gasteiger partial charge in [0, 0.05) is 30.8 Å². The Balaban J connectivity index is 1.90. The van der Waals surface area contributed by atoms with Crippen LogP contribution < -0.4 is 5.32 Å². The van der Waals surface area contributed by atoms with E-state index in [1.54, 1.807) is 7.11 Å². The highest BCUT2D eigenvalue weighted by atomic mass is 35.5. The number of rotatable bonds is 9. The quantitative estimate of drug-likeness (QED) is 0.388. The molecule has 6 nitrogen and oxygen atoms in total. The maximum Gasteiger partial charge on any atom is 0.233 e. The number of carbonyl (C=O) groups is 1. The summed E-state index contributed by atoms with van der Waals surface area (Å²) >= 11 is 7.44. The van der Waals surface area contributed by atoms with Crippen molar-refractivity contribution in [2.45, 2.75) is 30.7 Å². The van der Waals surface area contributed by atoms with Gasteiger partial charge in [0.1, 0.15) is 0 Å². The average molecular weight is 445 g/mol. The van der Waals surface area contributed by atoms with Crippen LogP contribution in [0.15, 0.2) is 53.7 Å². The van der Waals surface area contributed by atoms with E-state index in [0.717, 1.165) is 23.2 Å². The first-order valence-electron chi connectivity index (χ1n) is 9.72. The van der Waals surface area contributed by atoms with Crippen molar-refractivity contribution in [1.82, 2.24) is 20.1 Å². The van der Waals surface area contributed by atoms with E-state index < -0.39 is 0 Å². The lowest BCUT2D eigenvalue weighted by molar-refractivity contribution is -0.120. The third-order valence-corrected chi connectivity index (χ3v) is 5.86. The largest absolute Gasteiger partial charge is 0.385 e. The molecule has 1 unspecified atom stereocenters. The Hall–Kier alpha value is -2.35. The predicted octanol–water partition coefficient (Wildman–Crippen LogP) is 4.53. The first-order valence-corrected chi connectivity index (χ1v) is 11.0. The van der Waals surface area contributed by atoms with Crippen molar-refractivity contribution in [2.75, 3.05) is 20.3 Å². The molecule has 0 radical (unpaired) electrons. The molecule has 0 aliphatic carbocycles. The van der Waals surface area contributed by atoms with Gasteiger partial charge in [0.2, 0.25) is 5.91 Å². The number of nitrogens with zero attached hydrogens (tertiary/aromatic N) is 3. The minimum Gasteiger partial charge on any atom is -0.385 e.